The first-order valence-electron chi connectivity index (χ1n) is 7.29. The molecule has 0 aromatic heterocycles. The van der Waals surface area contributed by atoms with Crippen molar-refractivity contribution in [2.24, 2.45) is 17.8 Å². The molecule has 1 saturated carbocycles. The largest absolute Gasteiger partial charge is 0.0654 e. The monoisotopic (exact) mass is 210 g/mol. The van der Waals surface area contributed by atoms with Crippen LogP contribution in [0.4, 0.5) is 0 Å². The lowest BCUT2D eigenvalue weighted by atomic mass is 9.68. The summed E-state index contributed by atoms with van der Waals surface area (Å²) >= 11 is 0. The summed E-state index contributed by atoms with van der Waals surface area (Å²) in [4.78, 5) is 0. The molecule has 1 aliphatic carbocycles. The number of rotatable bonds is 8. The molecule has 0 aromatic rings. The second-order valence-electron chi connectivity index (χ2n) is 5.62. The highest BCUT2D eigenvalue weighted by Gasteiger charge is 2.29. The highest BCUT2D eigenvalue weighted by molar-refractivity contribution is 4.80. The van der Waals surface area contributed by atoms with E-state index < -0.39 is 0 Å². The zero-order valence-corrected chi connectivity index (χ0v) is 11.1. The molecular weight excluding hydrogens is 180 g/mol. The van der Waals surface area contributed by atoms with Crippen LogP contribution in [0, 0.1) is 17.8 Å². The van der Waals surface area contributed by atoms with Crippen LogP contribution in [0.1, 0.15) is 78.6 Å². The minimum absolute atomic E-state index is 0.983. The summed E-state index contributed by atoms with van der Waals surface area (Å²) in [5.74, 6) is 3.14. The second-order valence-corrected chi connectivity index (χ2v) is 5.62. The van der Waals surface area contributed by atoms with Gasteiger partial charge in [-0.1, -0.05) is 72.1 Å². The van der Waals surface area contributed by atoms with Crippen LogP contribution in [0.15, 0.2) is 0 Å². The van der Waals surface area contributed by atoms with Gasteiger partial charge in [0.1, 0.15) is 0 Å². The number of hydrogen-bond acceptors (Lipinski definition) is 0. The lowest BCUT2D eigenvalue weighted by Gasteiger charge is -2.37. The van der Waals surface area contributed by atoms with Gasteiger partial charge in [-0.15, -0.1) is 0 Å². The first kappa shape index (κ1) is 13.1. The van der Waals surface area contributed by atoms with Crippen LogP contribution in [0.3, 0.4) is 0 Å². The van der Waals surface area contributed by atoms with Crippen LogP contribution in [0.25, 0.3) is 0 Å². The van der Waals surface area contributed by atoms with Crippen molar-refractivity contribution in [2.45, 2.75) is 78.6 Å². The molecule has 1 rings (SSSR count). The first-order valence-corrected chi connectivity index (χ1v) is 7.29. The van der Waals surface area contributed by atoms with Gasteiger partial charge in [0.05, 0.1) is 0 Å². The number of unbranched alkanes of at least 4 members (excludes halogenated alkanes) is 2. The maximum atomic E-state index is 2.50. The van der Waals surface area contributed by atoms with Gasteiger partial charge in [0, 0.05) is 0 Å². The van der Waals surface area contributed by atoms with E-state index in [9.17, 15) is 0 Å². The summed E-state index contributed by atoms with van der Waals surface area (Å²) < 4.78 is 0. The normalized spacial score (nSPS) is 21.0. The van der Waals surface area contributed by atoms with E-state index >= 15 is 0 Å². The van der Waals surface area contributed by atoms with E-state index in [1.807, 2.05) is 0 Å². The van der Waals surface area contributed by atoms with Gasteiger partial charge >= 0.3 is 0 Å². The Balaban J connectivity index is 2.30. The van der Waals surface area contributed by atoms with Gasteiger partial charge in [0.2, 0.25) is 0 Å². The molecule has 2 unspecified atom stereocenters. The SMILES string of the molecule is CCCCCC(C(C)CCC)C1CCC1. The lowest BCUT2D eigenvalue weighted by molar-refractivity contribution is 0.133. The Morgan fingerprint density at radius 3 is 2.20 bits per heavy atom. The van der Waals surface area contributed by atoms with Gasteiger partial charge in [-0.3, -0.25) is 0 Å². The Morgan fingerprint density at radius 1 is 1.00 bits per heavy atom. The molecule has 0 heteroatoms. The topological polar surface area (TPSA) is 0 Å². The summed E-state index contributed by atoms with van der Waals surface area (Å²) in [5.41, 5.74) is 0. The fourth-order valence-corrected chi connectivity index (χ4v) is 3.15. The summed E-state index contributed by atoms with van der Waals surface area (Å²) in [6.07, 6.45) is 13.2. The third-order valence-corrected chi connectivity index (χ3v) is 4.37. The lowest BCUT2D eigenvalue weighted by Crippen LogP contribution is -2.27. The highest BCUT2D eigenvalue weighted by Crippen LogP contribution is 2.41. The predicted molar refractivity (Wildman–Crippen MR) is 69.0 cm³/mol. The molecule has 0 saturated heterocycles. The van der Waals surface area contributed by atoms with Crippen molar-refractivity contribution in [1.29, 1.82) is 0 Å². The number of hydrogen-bond donors (Lipinski definition) is 0. The van der Waals surface area contributed by atoms with Crippen molar-refractivity contribution < 1.29 is 0 Å². The minimum atomic E-state index is 0.983. The van der Waals surface area contributed by atoms with Gasteiger partial charge in [-0.05, 0) is 24.2 Å². The minimum Gasteiger partial charge on any atom is -0.0654 e. The zero-order valence-electron chi connectivity index (χ0n) is 11.1. The van der Waals surface area contributed by atoms with Gasteiger partial charge in [-0.25, -0.2) is 0 Å². The molecule has 0 amide bonds. The highest BCUT2D eigenvalue weighted by atomic mass is 14.3. The van der Waals surface area contributed by atoms with Crippen molar-refractivity contribution in [1.82, 2.24) is 0 Å². The van der Waals surface area contributed by atoms with Crippen molar-refractivity contribution in [3.05, 3.63) is 0 Å². The van der Waals surface area contributed by atoms with E-state index in [-0.39, 0.29) is 0 Å². The Hall–Kier alpha value is 0. The van der Waals surface area contributed by atoms with E-state index in [1.54, 1.807) is 0 Å². The molecule has 0 nitrogen and oxygen atoms in total. The molecule has 0 spiro atoms. The van der Waals surface area contributed by atoms with Gasteiger partial charge in [-0.2, -0.15) is 0 Å². The molecule has 1 aliphatic rings. The first-order chi connectivity index (χ1) is 7.29. The molecular formula is C15H30. The van der Waals surface area contributed by atoms with Crippen LogP contribution in [-0.2, 0) is 0 Å². The molecule has 0 bridgehead atoms. The average Bonchev–Trinajstić information content (AvgIpc) is 2.14. The predicted octanol–water partition coefficient (Wildman–Crippen LogP) is 5.42. The molecule has 15 heavy (non-hydrogen) atoms. The fourth-order valence-electron chi connectivity index (χ4n) is 3.15. The van der Waals surface area contributed by atoms with E-state index in [4.69, 9.17) is 0 Å². The van der Waals surface area contributed by atoms with E-state index in [0.717, 1.165) is 17.8 Å². The van der Waals surface area contributed by atoms with E-state index in [0.29, 0.717) is 0 Å². The van der Waals surface area contributed by atoms with Crippen LogP contribution in [-0.4, -0.2) is 0 Å². The molecule has 0 aromatic carbocycles. The van der Waals surface area contributed by atoms with Gasteiger partial charge in [0.15, 0.2) is 0 Å². The second kappa shape index (κ2) is 7.30. The average molecular weight is 210 g/mol. The Kier molecular flexibility index (Phi) is 6.36. The summed E-state index contributed by atoms with van der Waals surface area (Å²) in [6.45, 7) is 7.15. The quantitative estimate of drug-likeness (QED) is 0.469. The van der Waals surface area contributed by atoms with Crippen LogP contribution >= 0.6 is 0 Å². The molecule has 0 aliphatic heterocycles. The maximum absolute atomic E-state index is 2.50. The van der Waals surface area contributed by atoms with Gasteiger partial charge < -0.3 is 0 Å². The standard InChI is InChI=1S/C15H30/c1-4-6-7-12-15(13(3)9-5-2)14-10-8-11-14/h13-15H,4-12H2,1-3H3. The maximum Gasteiger partial charge on any atom is -0.0360 e. The summed E-state index contributed by atoms with van der Waals surface area (Å²) in [7, 11) is 0. The molecule has 0 N–H and O–H groups in total. The van der Waals surface area contributed by atoms with Crippen molar-refractivity contribution in [3.8, 4) is 0 Å². The van der Waals surface area contributed by atoms with Gasteiger partial charge in [0.25, 0.3) is 0 Å². The zero-order chi connectivity index (χ0) is 11.1. The van der Waals surface area contributed by atoms with Crippen LogP contribution in [0.2, 0.25) is 0 Å². The summed E-state index contributed by atoms with van der Waals surface area (Å²) in [6, 6.07) is 0. The van der Waals surface area contributed by atoms with Crippen LogP contribution in [0.5, 0.6) is 0 Å². The smallest absolute Gasteiger partial charge is 0.0360 e. The van der Waals surface area contributed by atoms with E-state index in [2.05, 4.69) is 20.8 Å². The van der Waals surface area contributed by atoms with Crippen molar-refractivity contribution in [2.75, 3.05) is 0 Å². The Morgan fingerprint density at radius 2 is 1.73 bits per heavy atom. The Bertz CT molecular complexity index is 146. The summed E-state index contributed by atoms with van der Waals surface area (Å²) in [5, 5.41) is 0. The molecule has 0 heterocycles. The molecule has 1 fully saturated rings. The third-order valence-electron chi connectivity index (χ3n) is 4.37. The molecule has 0 radical (unpaired) electrons. The molecule has 2 atom stereocenters. The molecule has 90 valence electrons. The fraction of sp³-hybridized carbons (Fsp3) is 1.00. The van der Waals surface area contributed by atoms with Crippen molar-refractivity contribution in [3.63, 3.8) is 0 Å². The van der Waals surface area contributed by atoms with Crippen LogP contribution < -0.4 is 0 Å². The Labute approximate surface area is 96.8 Å². The van der Waals surface area contributed by atoms with E-state index in [1.165, 1.54) is 57.8 Å². The third kappa shape index (κ3) is 4.17. The van der Waals surface area contributed by atoms with Crippen molar-refractivity contribution >= 4 is 0 Å².